The summed E-state index contributed by atoms with van der Waals surface area (Å²) in [5.41, 5.74) is -3.87. The van der Waals surface area contributed by atoms with Crippen molar-refractivity contribution in [3.8, 4) is 0 Å². The van der Waals surface area contributed by atoms with Crippen LogP contribution in [0.1, 0.15) is 88.5 Å². The Labute approximate surface area is 249 Å². The molecule has 8 atom stereocenters. The third-order valence-electron chi connectivity index (χ3n) is 7.03. The van der Waals surface area contributed by atoms with E-state index in [0.29, 0.717) is 0 Å². The molecule has 0 aromatic carbocycles. The van der Waals surface area contributed by atoms with E-state index in [-0.39, 0.29) is 25.9 Å². The standard InChI is InChI=1S/C29H53N3O10/c1-26(2,3)40-23(35)30-16-12-18(31-24(36)41-27(4,5)6)17(19(33)13-16)14-20-21(34)22(29(10,38)15-39-20)32(11)25(37)42-28(7,8)9/h16-22,33-34,38H,12-15H2,1-11H3,(H,30,35)(H,31,36). The predicted octanol–water partition coefficient (Wildman–Crippen LogP) is 2.68. The van der Waals surface area contributed by atoms with E-state index in [9.17, 15) is 29.7 Å². The van der Waals surface area contributed by atoms with Crippen LogP contribution in [0, 0.1) is 5.92 Å². The van der Waals surface area contributed by atoms with Gasteiger partial charge in [0.15, 0.2) is 0 Å². The third kappa shape index (κ3) is 10.7. The summed E-state index contributed by atoms with van der Waals surface area (Å²) in [7, 11) is 1.44. The van der Waals surface area contributed by atoms with Gasteiger partial charge in [0.05, 0.1) is 24.9 Å². The molecular formula is C29H53N3O10. The number of amides is 3. The van der Waals surface area contributed by atoms with Crippen LogP contribution in [0.15, 0.2) is 0 Å². The zero-order valence-electron chi connectivity index (χ0n) is 27.0. The van der Waals surface area contributed by atoms with E-state index in [2.05, 4.69) is 10.6 Å². The van der Waals surface area contributed by atoms with Crippen molar-refractivity contribution < 1.29 is 48.7 Å². The van der Waals surface area contributed by atoms with Crippen LogP contribution in [0.4, 0.5) is 14.4 Å². The van der Waals surface area contributed by atoms with Crippen molar-refractivity contribution in [3.63, 3.8) is 0 Å². The van der Waals surface area contributed by atoms with Crippen LogP contribution in [0.5, 0.6) is 0 Å². The highest BCUT2D eigenvalue weighted by molar-refractivity contribution is 5.69. The second-order valence-electron chi connectivity index (χ2n) is 14.8. The highest BCUT2D eigenvalue weighted by atomic mass is 16.6. The number of hydrogen-bond acceptors (Lipinski definition) is 10. The van der Waals surface area contributed by atoms with Crippen molar-refractivity contribution >= 4 is 18.3 Å². The fourth-order valence-electron chi connectivity index (χ4n) is 5.45. The number of nitrogens with zero attached hydrogens (tertiary/aromatic N) is 1. The van der Waals surface area contributed by atoms with E-state index < -0.39 is 83.0 Å². The largest absolute Gasteiger partial charge is 0.444 e. The highest BCUT2D eigenvalue weighted by Crippen LogP contribution is 2.36. The molecule has 0 bridgehead atoms. The zero-order valence-corrected chi connectivity index (χ0v) is 27.0. The number of carbonyl (C=O) groups is 3. The van der Waals surface area contributed by atoms with Gasteiger partial charge in [0.2, 0.25) is 0 Å². The summed E-state index contributed by atoms with van der Waals surface area (Å²) in [6, 6.07) is -2.27. The smallest absolute Gasteiger partial charge is 0.410 e. The minimum Gasteiger partial charge on any atom is -0.444 e. The minimum absolute atomic E-state index is 0.0801. The number of hydrogen-bond donors (Lipinski definition) is 5. The number of rotatable bonds is 5. The topological polar surface area (TPSA) is 176 Å². The summed E-state index contributed by atoms with van der Waals surface area (Å²) in [5, 5.41) is 39.3. The Hall–Kier alpha value is -2.35. The average molecular weight is 604 g/mol. The molecule has 3 amide bonds. The van der Waals surface area contributed by atoms with Crippen LogP contribution in [-0.4, -0.2) is 111 Å². The van der Waals surface area contributed by atoms with Gasteiger partial charge in [-0.25, -0.2) is 14.4 Å². The van der Waals surface area contributed by atoms with Gasteiger partial charge in [-0.15, -0.1) is 0 Å². The van der Waals surface area contributed by atoms with E-state index in [1.807, 2.05) is 0 Å². The Balaban J connectivity index is 2.27. The molecule has 2 fully saturated rings. The molecule has 1 saturated carbocycles. The molecule has 5 N–H and O–H groups in total. The Morgan fingerprint density at radius 3 is 1.88 bits per heavy atom. The van der Waals surface area contributed by atoms with Crippen LogP contribution < -0.4 is 10.6 Å². The first-order chi connectivity index (χ1) is 18.9. The van der Waals surface area contributed by atoms with Gasteiger partial charge in [-0.2, -0.15) is 0 Å². The van der Waals surface area contributed by atoms with Crippen molar-refractivity contribution in [1.29, 1.82) is 0 Å². The first-order valence-electron chi connectivity index (χ1n) is 14.5. The molecule has 0 radical (unpaired) electrons. The van der Waals surface area contributed by atoms with E-state index in [4.69, 9.17) is 18.9 Å². The lowest BCUT2D eigenvalue weighted by Gasteiger charge is -2.49. The fourth-order valence-corrected chi connectivity index (χ4v) is 5.45. The summed E-state index contributed by atoms with van der Waals surface area (Å²) < 4.78 is 22.1. The summed E-state index contributed by atoms with van der Waals surface area (Å²) >= 11 is 0. The molecule has 0 aromatic heterocycles. The fraction of sp³-hybridized carbons (Fsp3) is 0.897. The van der Waals surface area contributed by atoms with E-state index >= 15 is 0 Å². The second kappa shape index (κ2) is 13.1. The van der Waals surface area contributed by atoms with Crippen molar-refractivity contribution in [2.75, 3.05) is 13.7 Å². The SMILES string of the molecule is CN(C(=O)OC(C)(C)C)C1C(O)C(CC2C(O)CC(NC(=O)OC(C)(C)C)CC2NC(=O)OC(C)(C)C)OCC1(C)O. The predicted molar refractivity (Wildman–Crippen MR) is 154 cm³/mol. The molecule has 42 heavy (non-hydrogen) atoms. The van der Waals surface area contributed by atoms with E-state index in [1.54, 1.807) is 62.3 Å². The molecule has 8 unspecified atom stereocenters. The monoisotopic (exact) mass is 603 g/mol. The van der Waals surface area contributed by atoms with Gasteiger partial charge in [0.1, 0.15) is 28.5 Å². The first-order valence-corrected chi connectivity index (χ1v) is 14.5. The summed E-state index contributed by atoms with van der Waals surface area (Å²) in [6.07, 6.45) is -4.83. The molecule has 1 aliphatic carbocycles. The van der Waals surface area contributed by atoms with Crippen LogP contribution >= 0.6 is 0 Å². The van der Waals surface area contributed by atoms with Gasteiger partial charge < -0.3 is 49.8 Å². The van der Waals surface area contributed by atoms with Crippen LogP contribution in [0.2, 0.25) is 0 Å². The molecule has 1 aliphatic heterocycles. The minimum atomic E-state index is -1.59. The van der Waals surface area contributed by atoms with E-state index in [0.717, 1.165) is 0 Å². The number of carbonyl (C=O) groups excluding carboxylic acids is 3. The van der Waals surface area contributed by atoms with Crippen LogP contribution in [0.3, 0.4) is 0 Å². The van der Waals surface area contributed by atoms with Crippen LogP contribution in [0.25, 0.3) is 0 Å². The van der Waals surface area contributed by atoms with Crippen molar-refractivity contribution in [2.45, 2.75) is 147 Å². The second-order valence-corrected chi connectivity index (χ2v) is 14.8. The molecule has 1 heterocycles. The number of likely N-dealkylation sites (N-methyl/N-ethyl adjacent to an activating group) is 1. The number of aliphatic hydroxyl groups excluding tert-OH is 2. The summed E-state index contributed by atoms with van der Waals surface area (Å²) in [6.45, 7) is 16.8. The maximum Gasteiger partial charge on any atom is 0.410 e. The Morgan fingerprint density at radius 2 is 1.38 bits per heavy atom. The van der Waals surface area contributed by atoms with Crippen molar-refractivity contribution in [1.82, 2.24) is 15.5 Å². The lowest BCUT2D eigenvalue weighted by Crippen LogP contribution is -2.67. The van der Waals surface area contributed by atoms with Crippen molar-refractivity contribution in [2.24, 2.45) is 5.92 Å². The molecule has 1 saturated heterocycles. The normalized spacial score (nSPS) is 32.4. The maximum absolute atomic E-state index is 12.8. The molecule has 0 spiro atoms. The van der Waals surface area contributed by atoms with Gasteiger partial charge in [0.25, 0.3) is 0 Å². The Kier molecular flexibility index (Phi) is 11.2. The molecule has 2 aliphatic rings. The maximum atomic E-state index is 12.8. The van der Waals surface area contributed by atoms with Crippen LogP contribution in [-0.2, 0) is 18.9 Å². The molecule has 2 rings (SSSR count). The lowest BCUT2D eigenvalue weighted by atomic mass is 9.74. The van der Waals surface area contributed by atoms with Gasteiger partial charge in [-0.1, -0.05) is 0 Å². The molecule has 13 heteroatoms. The average Bonchev–Trinajstić information content (AvgIpc) is 2.73. The third-order valence-corrected chi connectivity index (χ3v) is 7.03. The van der Waals surface area contributed by atoms with Gasteiger partial charge in [0, 0.05) is 25.0 Å². The van der Waals surface area contributed by atoms with Gasteiger partial charge in [-0.3, -0.25) is 0 Å². The number of alkyl carbamates (subject to hydrolysis) is 2. The Morgan fingerprint density at radius 1 is 0.881 bits per heavy atom. The first kappa shape index (κ1) is 35.8. The van der Waals surface area contributed by atoms with E-state index in [1.165, 1.54) is 18.9 Å². The van der Waals surface area contributed by atoms with Gasteiger partial charge in [-0.05, 0) is 88.5 Å². The highest BCUT2D eigenvalue weighted by Gasteiger charge is 2.52. The number of ether oxygens (including phenoxy) is 4. The molecule has 0 aromatic rings. The summed E-state index contributed by atoms with van der Waals surface area (Å²) in [4.78, 5) is 39.2. The summed E-state index contributed by atoms with van der Waals surface area (Å²) in [5.74, 6) is -0.621. The van der Waals surface area contributed by atoms with Crippen molar-refractivity contribution in [3.05, 3.63) is 0 Å². The lowest BCUT2D eigenvalue weighted by molar-refractivity contribution is -0.209. The zero-order chi connectivity index (χ0) is 32.4. The number of aliphatic hydroxyl groups is 3. The molecule has 13 nitrogen and oxygen atoms in total. The number of nitrogens with one attached hydrogen (secondary N) is 2. The molecular weight excluding hydrogens is 550 g/mol. The van der Waals surface area contributed by atoms with Gasteiger partial charge >= 0.3 is 18.3 Å². The molecule has 244 valence electrons. The quantitative estimate of drug-likeness (QED) is 0.294. The Bertz CT molecular complexity index is 953.